The van der Waals surface area contributed by atoms with E-state index in [1.807, 2.05) is 30.8 Å². The summed E-state index contributed by atoms with van der Waals surface area (Å²) in [5.74, 6) is 5.51. The van der Waals surface area contributed by atoms with E-state index in [-0.39, 0.29) is 11.6 Å². The van der Waals surface area contributed by atoms with E-state index in [0.29, 0.717) is 13.1 Å². The summed E-state index contributed by atoms with van der Waals surface area (Å²) in [6, 6.07) is 1.96. The standard InChI is InChI=1S/C13H22F3N5/c1-4-5-21(7-6-20(2)3)12-9-10(13(14,15)16)8-11(18-12)19-17/h8-9H,4-7,17H2,1-3H3,(H,18,19). The van der Waals surface area contributed by atoms with Gasteiger partial charge in [0, 0.05) is 19.6 Å². The molecule has 1 aromatic rings. The number of hydrogen-bond acceptors (Lipinski definition) is 5. The van der Waals surface area contributed by atoms with Gasteiger partial charge in [0.2, 0.25) is 0 Å². The third kappa shape index (κ3) is 5.39. The van der Waals surface area contributed by atoms with Gasteiger partial charge in [-0.05, 0) is 32.6 Å². The number of likely N-dealkylation sites (N-methyl/N-ethyl adjacent to an activating group) is 1. The molecule has 0 atom stereocenters. The van der Waals surface area contributed by atoms with E-state index in [1.165, 1.54) is 0 Å². The SMILES string of the molecule is CCCN(CCN(C)C)c1cc(C(F)(F)F)cc(NN)n1. The third-order valence-electron chi connectivity index (χ3n) is 2.92. The third-order valence-corrected chi connectivity index (χ3v) is 2.92. The number of nitrogen functional groups attached to an aromatic ring is 1. The molecule has 0 amide bonds. The number of aromatic nitrogens is 1. The zero-order valence-electron chi connectivity index (χ0n) is 12.5. The molecule has 0 bridgehead atoms. The quantitative estimate of drug-likeness (QED) is 0.597. The predicted octanol–water partition coefficient (Wildman–Crippen LogP) is 2.16. The Morgan fingerprint density at radius 1 is 1.19 bits per heavy atom. The molecule has 0 aliphatic carbocycles. The summed E-state index contributed by atoms with van der Waals surface area (Å²) >= 11 is 0. The predicted molar refractivity (Wildman–Crippen MR) is 78.1 cm³/mol. The molecule has 0 unspecified atom stereocenters. The molecule has 0 fully saturated rings. The lowest BCUT2D eigenvalue weighted by Gasteiger charge is -2.26. The van der Waals surface area contributed by atoms with E-state index in [0.717, 1.165) is 25.1 Å². The van der Waals surface area contributed by atoms with E-state index in [4.69, 9.17) is 5.84 Å². The summed E-state index contributed by atoms with van der Waals surface area (Å²) in [6.45, 7) is 3.92. The van der Waals surface area contributed by atoms with Gasteiger partial charge in [0.25, 0.3) is 0 Å². The maximum Gasteiger partial charge on any atom is 0.416 e. The number of hydrazine groups is 1. The van der Waals surface area contributed by atoms with Crippen LogP contribution in [0.15, 0.2) is 12.1 Å². The van der Waals surface area contributed by atoms with Crippen molar-refractivity contribution in [2.45, 2.75) is 19.5 Å². The van der Waals surface area contributed by atoms with Crippen molar-refractivity contribution in [1.29, 1.82) is 0 Å². The number of pyridine rings is 1. The highest BCUT2D eigenvalue weighted by Gasteiger charge is 2.32. The van der Waals surface area contributed by atoms with Crippen molar-refractivity contribution in [1.82, 2.24) is 9.88 Å². The van der Waals surface area contributed by atoms with Gasteiger partial charge >= 0.3 is 6.18 Å². The van der Waals surface area contributed by atoms with Crippen LogP contribution in [0.4, 0.5) is 24.8 Å². The monoisotopic (exact) mass is 305 g/mol. The summed E-state index contributed by atoms with van der Waals surface area (Å²) in [6.07, 6.45) is -3.61. The van der Waals surface area contributed by atoms with Crippen molar-refractivity contribution in [3.63, 3.8) is 0 Å². The average Bonchev–Trinajstić information content (AvgIpc) is 2.41. The summed E-state index contributed by atoms with van der Waals surface area (Å²) in [5.41, 5.74) is 1.44. The number of rotatable bonds is 7. The summed E-state index contributed by atoms with van der Waals surface area (Å²) in [7, 11) is 3.83. The van der Waals surface area contributed by atoms with E-state index in [9.17, 15) is 13.2 Å². The fraction of sp³-hybridized carbons (Fsp3) is 0.615. The Bertz CT molecular complexity index is 448. The topological polar surface area (TPSA) is 57.4 Å². The van der Waals surface area contributed by atoms with Crippen LogP contribution in [-0.2, 0) is 6.18 Å². The fourth-order valence-corrected chi connectivity index (χ4v) is 1.85. The lowest BCUT2D eigenvalue weighted by atomic mass is 10.2. The number of anilines is 2. The van der Waals surface area contributed by atoms with Gasteiger partial charge in [0.15, 0.2) is 0 Å². The van der Waals surface area contributed by atoms with E-state index < -0.39 is 11.7 Å². The zero-order valence-corrected chi connectivity index (χ0v) is 12.5. The summed E-state index contributed by atoms with van der Waals surface area (Å²) < 4.78 is 38.8. The van der Waals surface area contributed by atoms with Gasteiger partial charge in [-0.15, -0.1) is 0 Å². The first kappa shape index (κ1) is 17.5. The molecule has 0 aromatic carbocycles. The van der Waals surface area contributed by atoms with Gasteiger partial charge in [-0.2, -0.15) is 13.2 Å². The van der Waals surface area contributed by atoms with Crippen molar-refractivity contribution in [2.24, 2.45) is 5.84 Å². The van der Waals surface area contributed by atoms with Gasteiger partial charge in [-0.1, -0.05) is 6.92 Å². The second kappa shape index (κ2) is 7.46. The largest absolute Gasteiger partial charge is 0.416 e. The van der Waals surface area contributed by atoms with Crippen LogP contribution in [0.25, 0.3) is 0 Å². The molecule has 0 saturated heterocycles. The number of hydrogen-bond donors (Lipinski definition) is 2. The number of alkyl halides is 3. The molecule has 1 aromatic heterocycles. The first-order valence-electron chi connectivity index (χ1n) is 6.73. The van der Waals surface area contributed by atoms with Crippen molar-refractivity contribution in [3.8, 4) is 0 Å². The molecule has 0 radical (unpaired) electrons. The number of nitrogens with zero attached hydrogens (tertiary/aromatic N) is 3. The van der Waals surface area contributed by atoms with Crippen LogP contribution in [0, 0.1) is 0 Å². The second-order valence-electron chi connectivity index (χ2n) is 5.03. The van der Waals surface area contributed by atoms with Crippen LogP contribution in [0.1, 0.15) is 18.9 Å². The van der Waals surface area contributed by atoms with E-state index >= 15 is 0 Å². The highest BCUT2D eigenvalue weighted by atomic mass is 19.4. The molecule has 1 heterocycles. The Kier molecular flexibility index (Phi) is 6.22. The minimum absolute atomic E-state index is 0.00535. The van der Waals surface area contributed by atoms with Crippen LogP contribution in [0.2, 0.25) is 0 Å². The second-order valence-corrected chi connectivity index (χ2v) is 5.03. The molecule has 5 nitrogen and oxygen atoms in total. The van der Waals surface area contributed by atoms with E-state index in [1.54, 1.807) is 0 Å². The number of nitrogens with two attached hydrogens (primary N) is 1. The Hall–Kier alpha value is -1.54. The Morgan fingerprint density at radius 2 is 1.86 bits per heavy atom. The minimum Gasteiger partial charge on any atom is -0.355 e. The van der Waals surface area contributed by atoms with E-state index in [2.05, 4.69) is 10.4 Å². The normalized spacial score (nSPS) is 11.8. The molecule has 120 valence electrons. The highest BCUT2D eigenvalue weighted by Crippen LogP contribution is 2.32. The summed E-state index contributed by atoms with van der Waals surface area (Å²) in [4.78, 5) is 7.93. The maximum atomic E-state index is 12.9. The van der Waals surface area contributed by atoms with Crippen LogP contribution in [0.5, 0.6) is 0 Å². The maximum absolute atomic E-state index is 12.9. The first-order valence-corrected chi connectivity index (χ1v) is 6.73. The van der Waals surface area contributed by atoms with Crippen LogP contribution in [-0.4, -0.2) is 43.6 Å². The Balaban J connectivity index is 3.11. The van der Waals surface area contributed by atoms with Gasteiger partial charge < -0.3 is 15.2 Å². The number of halogens is 3. The first-order chi connectivity index (χ1) is 9.77. The Morgan fingerprint density at radius 3 is 2.33 bits per heavy atom. The van der Waals surface area contributed by atoms with Gasteiger partial charge in [-0.25, -0.2) is 10.8 Å². The fourth-order valence-electron chi connectivity index (χ4n) is 1.85. The lowest BCUT2D eigenvalue weighted by Crippen LogP contribution is -2.33. The van der Waals surface area contributed by atoms with Crippen LogP contribution >= 0.6 is 0 Å². The summed E-state index contributed by atoms with van der Waals surface area (Å²) in [5, 5.41) is 0. The smallest absolute Gasteiger partial charge is 0.355 e. The molecule has 0 aliphatic rings. The van der Waals surface area contributed by atoms with Crippen LogP contribution in [0.3, 0.4) is 0 Å². The van der Waals surface area contributed by atoms with Crippen molar-refractivity contribution in [2.75, 3.05) is 44.1 Å². The molecule has 8 heteroatoms. The molecule has 21 heavy (non-hydrogen) atoms. The van der Waals surface area contributed by atoms with Gasteiger partial charge in [0.05, 0.1) is 5.56 Å². The average molecular weight is 305 g/mol. The van der Waals surface area contributed by atoms with Gasteiger partial charge in [0.1, 0.15) is 11.6 Å². The van der Waals surface area contributed by atoms with Crippen molar-refractivity contribution in [3.05, 3.63) is 17.7 Å². The molecule has 0 saturated carbocycles. The van der Waals surface area contributed by atoms with Crippen LogP contribution < -0.4 is 16.2 Å². The lowest BCUT2D eigenvalue weighted by molar-refractivity contribution is -0.137. The van der Waals surface area contributed by atoms with Crippen molar-refractivity contribution < 1.29 is 13.2 Å². The molecule has 3 N–H and O–H groups in total. The molecular weight excluding hydrogens is 283 g/mol. The molecule has 0 aliphatic heterocycles. The zero-order chi connectivity index (χ0) is 16.0. The highest BCUT2D eigenvalue weighted by molar-refractivity contribution is 5.51. The minimum atomic E-state index is -4.43. The van der Waals surface area contributed by atoms with Gasteiger partial charge in [-0.3, -0.25) is 0 Å². The molecule has 1 rings (SSSR count). The van der Waals surface area contributed by atoms with Crippen molar-refractivity contribution >= 4 is 11.6 Å². The number of nitrogens with one attached hydrogen (secondary N) is 1. The Labute approximate surface area is 122 Å². The molecule has 0 spiro atoms. The molecular formula is C13H22F3N5.